The minimum atomic E-state index is 0.678. The summed E-state index contributed by atoms with van der Waals surface area (Å²) >= 11 is 1.88. The Labute approximate surface area is 114 Å². The van der Waals surface area contributed by atoms with Crippen molar-refractivity contribution in [2.45, 2.75) is 44.8 Å². The van der Waals surface area contributed by atoms with Crippen molar-refractivity contribution in [3.05, 3.63) is 29.8 Å². The average Bonchev–Trinajstić information content (AvgIpc) is 2.80. The third-order valence-corrected chi connectivity index (χ3v) is 4.24. The van der Waals surface area contributed by atoms with Gasteiger partial charge in [-0.1, -0.05) is 50.6 Å². The Bertz CT molecular complexity index is 397. The molecule has 1 aliphatic rings. The molecule has 1 aromatic carbocycles. The molecule has 2 nitrogen and oxygen atoms in total. The molecular formula is C15H22N2S. The van der Waals surface area contributed by atoms with Crippen LogP contribution in [-0.2, 0) is 6.42 Å². The number of nitrogens with one attached hydrogen (secondary N) is 1. The van der Waals surface area contributed by atoms with Crippen LogP contribution in [-0.4, -0.2) is 17.0 Å². The van der Waals surface area contributed by atoms with Gasteiger partial charge in [0.2, 0.25) is 0 Å². The molecule has 0 spiro atoms. The normalized spacial score (nSPS) is 18.8. The Morgan fingerprint density at radius 1 is 1.22 bits per heavy atom. The van der Waals surface area contributed by atoms with Crippen LogP contribution in [0.15, 0.2) is 29.3 Å². The van der Waals surface area contributed by atoms with Gasteiger partial charge in [-0.05, 0) is 30.5 Å². The topological polar surface area (TPSA) is 24.4 Å². The highest BCUT2D eigenvalue weighted by atomic mass is 32.2. The second kappa shape index (κ2) is 6.83. The first kappa shape index (κ1) is 13.5. The zero-order chi connectivity index (χ0) is 12.8. The molecule has 98 valence electrons. The molecule has 0 radical (unpaired) electrons. The summed E-state index contributed by atoms with van der Waals surface area (Å²) in [4.78, 5) is 4.56. The molecule has 0 aromatic heterocycles. The molecule has 0 aliphatic carbocycles. The van der Waals surface area contributed by atoms with Gasteiger partial charge in [-0.2, -0.15) is 0 Å². The highest BCUT2D eigenvalue weighted by Gasteiger charge is 2.18. The van der Waals surface area contributed by atoms with Crippen molar-refractivity contribution in [1.82, 2.24) is 0 Å². The van der Waals surface area contributed by atoms with Crippen LogP contribution in [0.3, 0.4) is 0 Å². The van der Waals surface area contributed by atoms with Gasteiger partial charge >= 0.3 is 0 Å². The maximum atomic E-state index is 4.56. The molecule has 0 fully saturated rings. The highest BCUT2D eigenvalue weighted by molar-refractivity contribution is 8.15. The number of benzene rings is 1. The van der Waals surface area contributed by atoms with E-state index in [1.807, 2.05) is 11.8 Å². The standard InChI is InChI=1S/C15H22N2S/c1-3-5-12-7-9-13(10-8-12)17-15-16-11-14(18-15)6-4-2/h7-10,14H,3-6,11H2,1-2H3,(H,16,17). The average molecular weight is 262 g/mol. The second-order valence-corrected chi connectivity index (χ2v) is 6.04. The number of anilines is 1. The number of rotatable bonds is 5. The lowest BCUT2D eigenvalue weighted by Gasteiger charge is -2.08. The summed E-state index contributed by atoms with van der Waals surface area (Å²) in [5.41, 5.74) is 2.56. The van der Waals surface area contributed by atoms with Crippen molar-refractivity contribution in [3.63, 3.8) is 0 Å². The maximum Gasteiger partial charge on any atom is 0.161 e. The highest BCUT2D eigenvalue weighted by Crippen LogP contribution is 2.25. The predicted molar refractivity (Wildman–Crippen MR) is 82.6 cm³/mol. The number of amidine groups is 1. The van der Waals surface area contributed by atoms with Crippen LogP contribution in [0.25, 0.3) is 0 Å². The Kier molecular flexibility index (Phi) is 5.12. The fourth-order valence-corrected chi connectivity index (χ4v) is 3.27. The minimum absolute atomic E-state index is 0.678. The molecule has 1 heterocycles. The monoisotopic (exact) mass is 262 g/mol. The number of thioether (sulfide) groups is 1. The van der Waals surface area contributed by atoms with Crippen molar-refractivity contribution >= 4 is 22.6 Å². The molecule has 2 rings (SSSR count). The fourth-order valence-electron chi connectivity index (χ4n) is 2.13. The number of hydrogen-bond donors (Lipinski definition) is 1. The van der Waals surface area contributed by atoms with E-state index in [-0.39, 0.29) is 0 Å². The van der Waals surface area contributed by atoms with Gasteiger partial charge in [-0.3, -0.25) is 4.99 Å². The van der Waals surface area contributed by atoms with Crippen molar-refractivity contribution < 1.29 is 0 Å². The second-order valence-electron chi connectivity index (χ2n) is 4.75. The van der Waals surface area contributed by atoms with Gasteiger partial charge in [-0.15, -0.1) is 0 Å². The molecule has 1 aromatic rings. The largest absolute Gasteiger partial charge is 0.335 e. The number of nitrogens with zero attached hydrogens (tertiary/aromatic N) is 1. The van der Waals surface area contributed by atoms with Crippen molar-refractivity contribution in [1.29, 1.82) is 0 Å². The summed E-state index contributed by atoms with van der Waals surface area (Å²) in [5, 5.41) is 5.17. The molecule has 3 heteroatoms. The molecule has 1 atom stereocenters. The van der Waals surface area contributed by atoms with Gasteiger partial charge < -0.3 is 5.32 Å². The van der Waals surface area contributed by atoms with Gasteiger partial charge in [0.15, 0.2) is 5.17 Å². The van der Waals surface area contributed by atoms with Gasteiger partial charge in [0, 0.05) is 10.9 Å². The lowest BCUT2D eigenvalue weighted by molar-refractivity contribution is 0.754. The van der Waals surface area contributed by atoms with Crippen LogP contribution in [0.1, 0.15) is 38.7 Å². The van der Waals surface area contributed by atoms with Gasteiger partial charge in [0.1, 0.15) is 0 Å². The molecule has 0 bridgehead atoms. The predicted octanol–water partition coefficient (Wildman–Crippen LogP) is 4.32. The summed E-state index contributed by atoms with van der Waals surface area (Å²) in [6.07, 6.45) is 4.86. The Morgan fingerprint density at radius 2 is 2.00 bits per heavy atom. The third kappa shape index (κ3) is 3.77. The summed E-state index contributed by atoms with van der Waals surface area (Å²) < 4.78 is 0. The van der Waals surface area contributed by atoms with Gasteiger partial charge in [0.25, 0.3) is 0 Å². The maximum absolute atomic E-state index is 4.56. The van der Waals surface area contributed by atoms with Crippen molar-refractivity contribution in [2.24, 2.45) is 4.99 Å². The molecule has 18 heavy (non-hydrogen) atoms. The lowest BCUT2D eigenvalue weighted by atomic mass is 10.1. The first-order valence-corrected chi connectivity index (χ1v) is 7.76. The number of hydrogen-bond acceptors (Lipinski definition) is 3. The summed E-state index contributed by atoms with van der Waals surface area (Å²) in [7, 11) is 0. The van der Waals surface area contributed by atoms with Crippen LogP contribution in [0.2, 0.25) is 0 Å². The van der Waals surface area contributed by atoms with Gasteiger partial charge in [0.05, 0.1) is 6.54 Å². The van der Waals surface area contributed by atoms with Crippen LogP contribution < -0.4 is 5.32 Å². The quantitative estimate of drug-likeness (QED) is 0.854. The Hall–Kier alpha value is -0.960. The van der Waals surface area contributed by atoms with Crippen LogP contribution in [0, 0.1) is 0 Å². The molecule has 1 unspecified atom stereocenters. The van der Waals surface area contributed by atoms with E-state index in [1.165, 1.54) is 24.8 Å². The molecule has 0 saturated carbocycles. The molecular weight excluding hydrogens is 240 g/mol. The zero-order valence-corrected chi connectivity index (χ0v) is 12.1. The molecule has 1 aliphatic heterocycles. The SMILES string of the molecule is CCCc1ccc(NC2=NCC(CCC)S2)cc1. The molecule has 1 N–H and O–H groups in total. The van der Waals surface area contributed by atoms with E-state index < -0.39 is 0 Å². The molecule has 0 amide bonds. The Morgan fingerprint density at radius 3 is 2.67 bits per heavy atom. The van der Waals surface area contributed by atoms with Crippen molar-refractivity contribution in [2.75, 3.05) is 11.9 Å². The first-order valence-electron chi connectivity index (χ1n) is 6.89. The molecule has 0 saturated heterocycles. The van der Waals surface area contributed by atoms with E-state index in [0.29, 0.717) is 5.25 Å². The third-order valence-electron chi connectivity index (χ3n) is 3.07. The number of aryl methyl sites for hydroxylation is 1. The Balaban J connectivity index is 1.86. The zero-order valence-electron chi connectivity index (χ0n) is 11.3. The minimum Gasteiger partial charge on any atom is -0.335 e. The fraction of sp³-hybridized carbons (Fsp3) is 0.533. The van der Waals surface area contributed by atoms with Crippen LogP contribution in [0.5, 0.6) is 0 Å². The first-order chi connectivity index (χ1) is 8.81. The summed E-state index contributed by atoms with van der Waals surface area (Å²) in [5.74, 6) is 0. The summed E-state index contributed by atoms with van der Waals surface area (Å²) in [6, 6.07) is 8.72. The van der Waals surface area contributed by atoms with Crippen LogP contribution in [0.4, 0.5) is 5.69 Å². The van der Waals surface area contributed by atoms with E-state index in [4.69, 9.17) is 0 Å². The summed E-state index contributed by atoms with van der Waals surface area (Å²) in [6.45, 7) is 5.41. The van der Waals surface area contributed by atoms with E-state index in [9.17, 15) is 0 Å². The van der Waals surface area contributed by atoms with E-state index in [0.717, 1.165) is 23.8 Å². The van der Waals surface area contributed by atoms with E-state index in [2.05, 4.69) is 48.4 Å². The van der Waals surface area contributed by atoms with E-state index in [1.54, 1.807) is 0 Å². The lowest BCUT2D eigenvalue weighted by Crippen LogP contribution is -2.07. The van der Waals surface area contributed by atoms with Crippen molar-refractivity contribution in [3.8, 4) is 0 Å². The van der Waals surface area contributed by atoms with Gasteiger partial charge in [-0.25, -0.2) is 0 Å². The smallest absolute Gasteiger partial charge is 0.161 e. The number of aliphatic imine (C=N–C) groups is 1. The van der Waals surface area contributed by atoms with E-state index >= 15 is 0 Å². The van der Waals surface area contributed by atoms with Crippen LogP contribution >= 0.6 is 11.8 Å².